The summed E-state index contributed by atoms with van der Waals surface area (Å²) < 4.78 is 12.9. The van der Waals surface area contributed by atoms with E-state index in [1.165, 1.54) is 24.3 Å². The molecule has 1 amide bonds. The summed E-state index contributed by atoms with van der Waals surface area (Å²) in [7, 11) is 0. The number of amides is 1. The van der Waals surface area contributed by atoms with Crippen molar-refractivity contribution in [3.05, 3.63) is 82.8 Å². The van der Waals surface area contributed by atoms with Crippen LogP contribution in [0.4, 0.5) is 10.1 Å². The number of primary amides is 1. The second-order valence-corrected chi connectivity index (χ2v) is 4.88. The fraction of sp³-hybridized carbons (Fsp3) is 0. The zero-order valence-corrected chi connectivity index (χ0v) is 13.0. The number of nitrogens with two attached hydrogens (primary N) is 1. The Balaban J connectivity index is 0.000000701. The molecular formula is C18H14FN3O3. The van der Waals surface area contributed by atoms with E-state index in [0.717, 1.165) is 22.4 Å². The molecule has 0 saturated carbocycles. The summed E-state index contributed by atoms with van der Waals surface area (Å²) in [4.78, 5) is 23.1. The Kier molecular flexibility index (Phi) is 5.89. The van der Waals surface area contributed by atoms with Gasteiger partial charge in [-0.1, -0.05) is 18.2 Å². The van der Waals surface area contributed by atoms with Gasteiger partial charge in [-0.2, -0.15) is 0 Å². The maximum atomic E-state index is 12.9. The molecule has 3 rings (SSSR count). The van der Waals surface area contributed by atoms with Crippen LogP contribution in [0.5, 0.6) is 0 Å². The van der Waals surface area contributed by atoms with E-state index in [9.17, 15) is 14.5 Å². The molecule has 1 heterocycles. The van der Waals surface area contributed by atoms with Crippen LogP contribution < -0.4 is 5.73 Å². The van der Waals surface area contributed by atoms with Gasteiger partial charge in [-0.05, 0) is 35.9 Å². The lowest BCUT2D eigenvalue weighted by atomic mass is 10.1. The molecule has 0 aliphatic rings. The summed E-state index contributed by atoms with van der Waals surface area (Å²) in [5.74, 6) is -0.279. The lowest BCUT2D eigenvalue weighted by Gasteiger charge is -2.04. The second kappa shape index (κ2) is 8.30. The Morgan fingerprint density at radius 2 is 1.44 bits per heavy atom. The first kappa shape index (κ1) is 17.7. The molecule has 7 heteroatoms. The third-order valence-electron chi connectivity index (χ3n) is 3.31. The van der Waals surface area contributed by atoms with E-state index < -0.39 is 4.92 Å². The highest BCUT2D eigenvalue weighted by Crippen LogP contribution is 2.24. The van der Waals surface area contributed by atoms with Crippen molar-refractivity contribution in [1.29, 1.82) is 0 Å². The molecule has 2 N–H and O–H groups in total. The highest BCUT2D eigenvalue weighted by Gasteiger charge is 2.06. The first-order chi connectivity index (χ1) is 12.0. The van der Waals surface area contributed by atoms with Crippen LogP contribution in [0.1, 0.15) is 0 Å². The molecule has 126 valence electrons. The van der Waals surface area contributed by atoms with Crippen molar-refractivity contribution in [2.75, 3.05) is 0 Å². The minimum atomic E-state index is -0.436. The van der Waals surface area contributed by atoms with E-state index in [-0.39, 0.29) is 17.9 Å². The van der Waals surface area contributed by atoms with Crippen LogP contribution in [0.15, 0.2) is 66.9 Å². The van der Waals surface area contributed by atoms with Crippen LogP contribution in [0.3, 0.4) is 0 Å². The van der Waals surface area contributed by atoms with E-state index in [1.807, 2.05) is 12.1 Å². The fourth-order valence-electron chi connectivity index (χ4n) is 2.13. The van der Waals surface area contributed by atoms with E-state index >= 15 is 0 Å². The van der Waals surface area contributed by atoms with Crippen molar-refractivity contribution in [2.24, 2.45) is 5.73 Å². The second-order valence-electron chi connectivity index (χ2n) is 4.88. The van der Waals surface area contributed by atoms with Crippen molar-refractivity contribution < 1.29 is 14.1 Å². The molecule has 6 nitrogen and oxygen atoms in total. The summed E-state index contributed by atoms with van der Waals surface area (Å²) in [6.07, 6.45) is 1.95. The molecule has 1 aromatic heterocycles. The molecule has 0 unspecified atom stereocenters. The van der Waals surface area contributed by atoms with Crippen molar-refractivity contribution in [2.45, 2.75) is 0 Å². The van der Waals surface area contributed by atoms with Gasteiger partial charge in [-0.3, -0.25) is 19.9 Å². The molecule has 0 spiro atoms. The first-order valence-electron chi connectivity index (χ1n) is 7.17. The standard InChI is InChI=1S/C17H11FN2O2.CH3NO/c18-15-6-1-12(2-7-15)14-5-10-17(19-11-14)13-3-8-16(9-4-13)20(21)22;2-1-3/h1-11H;1H,(H2,2,3). The Morgan fingerprint density at radius 1 is 0.920 bits per heavy atom. The van der Waals surface area contributed by atoms with Gasteiger partial charge in [0.15, 0.2) is 0 Å². The lowest BCUT2D eigenvalue weighted by Crippen LogP contribution is -1.88. The maximum Gasteiger partial charge on any atom is 0.269 e. The van der Waals surface area contributed by atoms with Crippen LogP contribution in [-0.2, 0) is 4.79 Å². The highest BCUT2D eigenvalue weighted by molar-refractivity contribution is 5.67. The number of carbonyl (C=O) groups excluding carboxylic acids is 1. The maximum absolute atomic E-state index is 12.9. The van der Waals surface area contributed by atoms with Crippen molar-refractivity contribution >= 4 is 12.1 Å². The number of hydrogen-bond donors (Lipinski definition) is 1. The highest BCUT2D eigenvalue weighted by atomic mass is 19.1. The Labute approximate surface area is 142 Å². The fourth-order valence-corrected chi connectivity index (χ4v) is 2.13. The van der Waals surface area contributed by atoms with Crippen LogP contribution >= 0.6 is 0 Å². The SMILES string of the molecule is NC=O.O=[N+]([O-])c1ccc(-c2ccc(-c3ccc(F)cc3)cn2)cc1. The van der Waals surface area contributed by atoms with Crippen LogP contribution in [0.2, 0.25) is 0 Å². The average molecular weight is 339 g/mol. The number of rotatable bonds is 3. The number of aromatic nitrogens is 1. The Bertz CT molecular complexity index is 848. The van der Waals surface area contributed by atoms with Crippen LogP contribution in [0, 0.1) is 15.9 Å². The van der Waals surface area contributed by atoms with Gasteiger partial charge in [-0.25, -0.2) is 4.39 Å². The topological polar surface area (TPSA) is 99.1 Å². The number of non-ortho nitro benzene ring substituents is 1. The lowest BCUT2D eigenvalue weighted by molar-refractivity contribution is -0.384. The zero-order chi connectivity index (χ0) is 18.2. The van der Waals surface area contributed by atoms with E-state index in [0.29, 0.717) is 0 Å². The summed E-state index contributed by atoms with van der Waals surface area (Å²) in [5.41, 5.74) is 7.50. The summed E-state index contributed by atoms with van der Waals surface area (Å²) in [5, 5.41) is 10.6. The minimum Gasteiger partial charge on any atom is -0.372 e. The summed E-state index contributed by atoms with van der Waals surface area (Å²) in [6, 6.07) is 16.1. The molecule has 0 aliphatic heterocycles. The van der Waals surface area contributed by atoms with Gasteiger partial charge in [0.25, 0.3) is 5.69 Å². The van der Waals surface area contributed by atoms with Gasteiger partial charge in [0.1, 0.15) is 5.82 Å². The monoisotopic (exact) mass is 339 g/mol. The predicted octanol–water partition coefficient (Wildman–Crippen LogP) is 3.56. The van der Waals surface area contributed by atoms with Crippen molar-refractivity contribution in [3.63, 3.8) is 0 Å². The number of pyridine rings is 1. The van der Waals surface area contributed by atoms with Gasteiger partial charge in [-0.15, -0.1) is 0 Å². The van der Waals surface area contributed by atoms with Gasteiger partial charge in [0.2, 0.25) is 6.41 Å². The van der Waals surface area contributed by atoms with E-state index in [1.54, 1.807) is 30.5 Å². The normalized spacial score (nSPS) is 9.64. The first-order valence-corrected chi connectivity index (χ1v) is 7.17. The number of benzene rings is 2. The molecule has 0 atom stereocenters. The van der Waals surface area contributed by atoms with Crippen molar-refractivity contribution in [1.82, 2.24) is 4.98 Å². The predicted molar refractivity (Wildman–Crippen MR) is 92.0 cm³/mol. The third-order valence-corrected chi connectivity index (χ3v) is 3.31. The zero-order valence-electron chi connectivity index (χ0n) is 13.0. The average Bonchev–Trinajstić information content (AvgIpc) is 2.63. The largest absolute Gasteiger partial charge is 0.372 e. The number of carbonyl (C=O) groups is 1. The minimum absolute atomic E-state index is 0.0479. The molecule has 25 heavy (non-hydrogen) atoms. The van der Waals surface area contributed by atoms with Gasteiger partial charge < -0.3 is 5.73 Å². The Morgan fingerprint density at radius 3 is 1.92 bits per heavy atom. The van der Waals surface area contributed by atoms with Gasteiger partial charge >= 0.3 is 0 Å². The van der Waals surface area contributed by atoms with Gasteiger partial charge in [0.05, 0.1) is 10.6 Å². The summed E-state index contributed by atoms with van der Waals surface area (Å²) >= 11 is 0. The van der Waals surface area contributed by atoms with Gasteiger partial charge in [0, 0.05) is 29.5 Å². The number of nitro groups is 1. The van der Waals surface area contributed by atoms with E-state index in [4.69, 9.17) is 4.79 Å². The molecule has 2 aromatic carbocycles. The molecule has 0 aliphatic carbocycles. The molecule has 0 fully saturated rings. The Hall–Kier alpha value is -3.61. The number of halogens is 1. The molecule has 0 radical (unpaired) electrons. The quantitative estimate of drug-likeness (QED) is 0.448. The number of hydrogen-bond acceptors (Lipinski definition) is 4. The molecular weight excluding hydrogens is 325 g/mol. The third kappa shape index (κ3) is 4.68. The summed E-state index contributed by atoms with van der Waals surface area (Å²) in [6.45, 7) is 0. The number of nitrogens with zero attached hydrogens (tertiary/aromatic N) is 2. The molecule has 0 saturated heterocycles. The van der Waals surface area contributed by atoms with Crippen molar-refractivity contribution in [3.8, 4) is 22.4 Å². The van der Waals surface area contributed by atoms with Crippen LogP contribution in [0.25, 0.3) is 22.4 Å². The molecule has 3 aromatic rings. The smallest absolute Gasteiger partial charge is 0.269 e. The molecule has 0 bridgehead atoms. The number of nitro benzene ring substituents is 1. The van der Waals surface area contributed by atoms with E-state index in [2.05, 4.69) is 10.7 Å². The van der Waals surface area contributed by atoms with Crippen LogP contribution in [-0.4, -0.2) is 16.3 Å².